The Morgan fingerprint density at radius 1 is 1.20 bits per heavy atom. The number of rotatable bonds is 5. The molecule has 0 bridgehead atoms. The van der Waals surface area contributed by atoms with E-state index in [0.29, 0.717) is 23.3 Å². The van der Waals surface area contributed by atoms with Crippen LogP contribution in [-0.4, -0.2) is 29.0 Å². The van der Waals surface area contributed by atoms with E-state index in [0.717, 1.165) is 26.8 Å². The predicted octanol–water partition coefficient (Wildman–Crippen LogP) is 4.09. The summed E-state index contributed by atoms with van der Waals surface area (Å²) in [5, 5.41) is 0.556. The Hall–Kier alpha value is -1.70. The molecule has 0 saturated heterocycles. The summed E-state index contributed by atoms with van der Waals surface area (Å²) in [5.74, 6) is 1.46. The van der Waals surface area contributed by atoms with Crippen LogP contribution < -0.4 is 10.3 Å². The predicted molar refractivity (Wildman–Crippen MR) is 106 cm³/mol. The number of nitrogens with zero attached hydrogens (tertiary/aromatic N) is 2. The molecule has 7 heteroatoms. The first kappa shape index (κ1) is 18.1. The van der Waals surface area contributed by atoms with Gasteiger partial charge in [-0.05, 0) is 52.8 Å². The van der Waals surface area contributed by atoms with Crippen molar-refractivity contribution in [2.75, 3.05) is 14.2 Å². The average molecular weight is 467 g/mol. The van der Waals surface area contributed by atoms with E-state index in [4.69, 9.17) is 4.74 Å². The van der Waals surface area contributed by atoms with Crippen molar-refractivity contribution in [3.8, 4) is 5.75 Å². The zero-order chi connectivity index (χ0) is 18.0. The number of methoxy groups -OCH3 is 1. The van der Waals surface area contributed by atoms with Crippen LogP contribution in [0.5, 0.6) is 5.75 Å². The molecule has 1 aromatic heterocycles. The fourth-order valence-electron chi connectivity index (χ4n) is 2.68. The molecule has 0 fully saturated rings. The maximum Gasteiger partial charge on any atom is 0.258 e. The standard InChI is InChI=1S/C18H17Br2N3O2/c1-23(9-11-4-3-5-13(6-11)25-2)10-16-21-17-14(18(24)22-16)7-12(19)8-15(17)20/h3-8H,9-10H2,1-2H3,(H,21,22,24). The minimum absolute atomic E-state index is 0.142. The van der Waals surface area contributed by atoms with Crippen LogP contribution in [0.2, 0.25) is 0 Å². The molecule has 0 radical (unpaired) electrons. The highest BCUT2D eigenvalue weighted by Gasteiger charge is 2.10. The summed E-state index contributed by atoms with van der Waals surface area (Å²) >= 11 is 6.88. The summed E-state index contributed by atoms with van der Waals surface area (Å²) in [6.45, 7) is 1.26. The first-order valence-corrected chi connectivity index (χ1v) is 9.24. The van der Waals surface area contributed by atoms with Gasteiger partial charge in [0.15, 0.2) is 0 Å². The zero-order valence-electron chi connectivity index (χ0n) is 13.8. The van der Waals surface area contributed by atoms with Crippen LogP contribution in [0.15, 0.2) is 50.1 Å². The van der Waals surface area contributed by atoms with Crippen molar-refractivity contribution in [3.05, 3.63) is 67.1 Å². The molecule has 0 amide bonds. The van der Waals surface area contributed by atoms with Crippen molar-refractivity contribution >= 4 is 42.8 Å². The number of H-pyrrole nitrogens is 1. The van der Waals surface area contributed by atoms with Gasteiger partial charge in [0.1, 0.15) is 11.6 Å². The average Bonchev–Trinajstić information content (AvgIpc) is 2.56. The first-order chi connectivity index (χ1) is 12.0. The van der Waals surface area contributed by atoms with Crippen LogP contribution in [0.4, 0.5) is 0 Å². The van der Waals surface area contributed by atoms with E-state index in [1.54, 1.807) is 13.2 Å². The lowest BCUT2D eigenvalue weighted by Crippen LogP contribution is -2.22. The molecule has 25 heavy (non-hydrogen) atoms. The number of fused-ring (bicyclic) bond motifs is 1. The molecule has 2 aromatic carbocycles. The van der Waals surface area contributed by atoms with Gasteiger partial charge in [0.2, 0.25) is 0 Å². The second-order valence-corrected chi connectivity index (χ2v) is 7.59. The third-order valence-corrected chi connectivity index (χ3v) is 4.85. The molecule has 0 atom stereocenters. The van der Waals surface area contributed by atoms with Crippen molar-refractivity contribution < 1.29 is 4.74 Å². The van der Waals surface area contributed by atoms with Crippen molar-refractivity contribution in [1.29, 1.82) is 0 Å². The Balaban J connectivity index is 1.83. The van der Waals surface area contributed by atoms with Gasteiger partial charge in [-0.3, -0.25) is 9.69 Å². The number of ether oxygens (including phenoxy) is 1. The molecule has 3 aromatic rings. The van der Waals surface area contributed by atoms with E-state index in [2.05, 4.69) is 46.7 Å². The number of halogens is 2. The van der Waals surface area contributed by atoms with E-state index in [-0.39, 0.29) is 5.56 Å². The van der Waals surface area contributed by atoms with Crippen LogP contribution in [-0.2, 0) is 13.1 Å². The molecular formula is C18H17Br2N3O2. The lowest BCUT2D eigenvalue weighted by atomic mass is 10.2. The van der Waals surface area contributed by atoms with E-state index in [9.17, 15) is 4.79 Å². The second-order valence-electron chi connectivity index (χ2n) is 5.82. The van der Waals surface area contributed by atoms with E-state index in [1.807, 2.05) is 37.4 Å². The van der Waals surface area contributed by atoms with Gasteiger partial charge in [0.05, 0.1) is 24.6 Å². The van der Waals surface area contributed by atoms with Gasteiger partial charge in [-0.15, -0.1) is 0 Å². The number of hydrogen-bond donors (Lipinski definition) is 1. The van der Waals surface area contributed by atoms with Gasteiger partial charge in [0.25, 0.3) is 5.56 Å². The van der Waals surface area contributed by atoms with E-state index >= 15 is 0 Å². The molecule has 0 spiro atoms. The second kappa shape index (κ2) is 7.68. The van der Waals surface area contributed by atoms with Gasteiger partial charge in [-0.25, -0.2) is 4.98 Å². The highest BCUT2D eigenvalue weighted by atomic mass is 79.9. The van der Waals surface area contributed by atoms with Crippen LogP contribution in [0.1, 0.15) is 11.4 Å². The number of hydrogen-bond acceptors (Lipinski definition) is 4. The summed E-state index contributed by atoms with van der Waals surface area (Å²) in [4.78, 5) is 21.9. The van der Waals surface area contributed by atoms with Gasteiger partial charge in [0, 0.05) is 15.5 Å². The molecule has 130 valence electrons. The van der Waals surface area contributed by atoms with E-state index in [1.165, 1.54) is 0 Å². The number of benzene rings is 2. The molecule has 0 unspecified atom stereocenters. The maximum absolute atomic E-state index is 12.4. The van der Waals surface area contributed by atoms with Crippen LogP contribution in [0, 0.1) is 0 Å². The van der Waals surface area contributed by atoms with Gasteiger partial charge >= 0.3 is 0 Å². The number of aromatic nitrogens is 2. The van der Waals surface area contributed by atoms with Gasteiger partial charge in [-0.1, -0.05) is 28.1 Å². The topological polar surface area (TPSA) is 58.2 Å². The molecular weight excluding hydrogens is 450 g/mol. The normalized spacial score (nSPS) is 11.2. The highest BCUT2D eigenvalue weighted by Crippen LogP contribution is 2.25. The third kappa shape index (κ3) is 4.29. The van der Waals surface area contributed by atoms with Crippen molar-refractivity contribution in [2.24, 2.45) is 0 Å². The number of aromatic amines is 1. The fourth-order valence-corrected chi connectivity index (χ4v) is 4.00. The van der Waals surface area contributed by atoms with Gasteiger partial charge in [-0.2, -0.15) is 0 Å². The quantitative estimate of drug-likeness (QED) is 0.615. The molecule has 0 aliphatic rings. The maximum atomic E-state index is 12.4. The molecule has 1 heterocycles. The molecule has 0 saturated carbocycles. The molecule has 3 rings (SSSR count). The minimum atomic E-state index is -0.142. The Labute approximate surface area is 162 Å². The van der Waals surface area contributed by atoms with E-state index < -0.39 is 0 Å². The van der Waals surface area contributed by atoms with Crippen LogP contribution >= 0.6 is 31.9 Å². The van der Waals surface area contributed by atoms with Crippen molar-refractivity contribution in [2.45, 2.75) is 13.1 Å². The minimum Gasteiger partial charge on any atom is -0.497 e. The first-order valence-electron chi connectivity index (χ1n) is 7.65. The van der Waals surface area contributed by atoms with Crippen molar-refractivity contribution in [1.82, 2.24) is 14.9 Å². The largest absolute Gasteiger partial charge is 0.497 e. The van der Waals surface area contributed by atoms with Gasteiger partial charge < -0.3 is 9.72 Å². The number of nitrogens with one attached hydrogen (secondary N) is 1. The molecule has 1 N–H and O–H groups in total. The van der Waals surface area contributed by atoms with Crippen molar-refractivity contribution in [3.63, 3.8) is 0 Å². The Kier molecular flexibility index (Phi) is 5.56. The molecule has 5 nitrogen and oxygen atoms in total. The monoisotopic (exact) mass is 465 g/mol. The fraction of sp³-hybridized carbons (Fsp3) is 0.222. The summed E-state index contributed by atoms with van der Waals surface area (Å²) in [6, 6.07) is 11.6. The third-order valence-electron chi connectivity index (χ3n) is 3.78. The summed E-state index contributed by atoms with van der Waals surface area (Å²) in [6.07, 6.45) is 0. The summed E-state index contributed by atoms with van der Waals surface area (Å²) in [7, 11) is 3.64. The zero-order valence-corrected chi connectivity index (χ0v) is 17.0. The molecule has 0 aliphatic heterocycles. The molecule has 0 aliphatic carbocycles. The smallest absolute Gasteiger partial charge is 0.258 e. The Morgan fingerprint density at radius 2 is 2.00 bits per heavy atom. The highest BCUT2D eigenvalue weighted by molar-refractivity contribution is 9.11. The SMILES string of the molecule is COc1cccc(CN(C)Cc2nc3c(Br)cc(Br)cc3c(=O)[nH]2)c1. The Morgan fingerprint density at radius 3 is 2.76 bits per heavy atom. The van der Waals surface area contributed by atoms with Crippen LogP contribution in [0.3, 0.4) is 0 Å². The summed E-state index contributed by atoms with van der Waals surface area (Å²) in [5.41, 5.74) is 1.66. The summed E-state index contributed by atoms with van der Waals surface area (Å²) < 4.78 is 6.88. The lowest BCUT2D eigenvalue weighted by Gasteiger charge is -2.17. The van der Waals surface area contributed by atoms with Crippen LogP contribution in [0.25, 0.3) is 10.9 Å². The Bertz CT molecular complexity index is 972. The lowest BCUT2D eigenvalue weighted by molar-refractivity contribution is 0.310.